The van der Waals surface area contributed by atoms with Crippen LogP contribution in [0.15, 0.2) is 12.1 Å². The summed E-state index contributed by atoms with van der Waals surface area (Å²) in [6.07, 6.45) is -2.00. The number of alkyl halides is 3. The van der Waals surface area contributed by atoms with Crippen molar-refractivity contribution < 1.29 is 13.2 Å². The van der Waals surface area contributed by atoms with E-state index in [-0.39, 0.29) is 0 Å². The largest absolute Gasteiger partial charge is 0.425 e. The van der Waals surface area contributed by atoms with Gasteiger partial charge in [0.1, 0.15) is 4.88 Å². The molecule has 0 amide bonds. The summed E-state index contributed by atoms with van der Waals surface area (Å²) < 4.78 is 37.4. The summed E-state index contributed by atoms with van der Waals surface area (Å²) in [5.41, 5.74) is 5.65. The minimum atomic E-state index is -4.22. The fourth-order valence-electron chi connectivity index (χ4n) is 2.32. The summed E-state index contributed by atoms with van der Waals surface area (Å²) in [5.74, 6) is 0.487. The number of rotatable bonds is 3. The minimum absolute atomic E-state index is 0.487. The summed E-state index contributed by atoms with van der Waals surface area (Å²) in [6, 6.07) is 2.75. The van der Waals surface area contributed by atoms with Gasteiger partial charge in [-0.3, -0.25) is 4.90 Å². The van der Waals surface area contributed by atoms with Crippen LogP contribution in [0, 0.1) is 5.92 Å². The van der Waals surface area contributed by atoms with E-state index in [0.717, 1.165) is 42.1 Å². The van der Waals surface area contributed by atoms with Crippen molar-refractivity contribution in [2.75, 3.05) is 19.6 Å². The molecule has 0 bridgehead atoms. The Balaban J connectivity index is 1.95. The van der Waals surface area contributed by atoms with Crippen LogP contribution in [0.4, 0.5) is 13.2 Å². The van der Waals surface area contributed by atoms with Gasteiger partial charge in [-0.1, -0.05) is 0 Å². The molecule has 2 rings (SSSR count). The molecule has 0 aliphatic carbocycles. The second kappa shape index (κ2) is 5.59. The molecule has 1 saturated heterocycles. The van der Waals surface area contributed by atoms with Gasteiger partial charge in [0.2, 0.25) is 0 Å². The molecule has 1 fully saturated rings. The highest BCUT2D eigenvalue weighted by molar-refractivity contribution is 7.12. The van der Waals surface area contributed by atoms with Gasteiger partial charge in [0.25, 0.3) is 0 Å². The highest BCUT2D eigenvalue weighted by Gasteiger charge is 2.32. The van der Waals surface area contributed by atoms with Crippen LogP contribution in [0.1, 0.15) is 22.6 Å². The average molecular weight is 278 g/mol. The van der Waals surface area contributed by atoms with Gasteiger partial charge >= 0.3 is 6.18 Å². The molecule has 0 spiro atoms. The van der Waals surface area contributed by atoms with E-state index in [1.165, 1.54) is 6.07 Å². The Bertz CT molecular complexity index is 389. The van der Waals surface area contributed by atoms with Crippen LogP contribution in [0.3, 0.4) is 0 Å². The number of halogens is 3. The molecule has 1 aromatic heterocycles. The predicted octanol–water partition coefficient (Wildman–Crippen LogP) is 2.94. The molecule has 2 N–H and O–H groups in total. The molecule has 6 heteroatoms. The van der Waals surface area contributed by atoms with Gasteiger partial charge in [-0.25, -0.2) is 0 Å². The third-order valence-corrected chi connectivity index (χ3v) is 4.37. The topological polar surface area (TPSA) is 29.3 Å². The third kappa shape index (κ3) is 3.46. The summed E-state index contributed by atoms with van der Waals surface area (Å²) in [7, 11) is 0. The number of nitrogens with zero attached hydrogens (tertiary/aromatic N) is 1. The second-order valence-electron chi connectivity index (χ2n) is 4.74. The molecule has 1 unspecified atom stereocenters. The zero-order valence-corrected chi connectivity index (χ0v) is 10.9. The van der Waals surface area contributed by atoms with Crippen molar-refractivity contribution in [1.82, 2.24) is 4.90 Å². The summed E-state index contributed by atoms with van der Waals surface area (Å²) in [4.78, 5) is 2.47. The van der Waals surface area contributed by atoms with Gasteiger partial charge in [0, 0.05) is 18.0 Å². The van der Waals surface area contributed by atoms with E-state index in [4.69, 9.17) is 5.73 Å². The molecule has 1 aliphatic heterocycles. The van der Waals surface area contributed by atoms with E-state index in [0.29, 0.717) is 19.0 Å². The van der Waals surface area contributed by atoms with E-state index >= 15 is 0 Å². The maximum Gasteiger partial charge on any atom is 0.425 e. The standard InChI is InChI=1S/C12H17F3N2S/c13-12(14,15)11-4-3-10(18-11)8-17-5-1-2-9(6-16)7-17/h3-4,9H,1-2,5-8,16H2. The average Bonchev–Trinajstić information content (AvgIpc) is 2.77. The SMILES string of the molecule is NCC1CCCN(Cc2ccc(C(F)(F)F)s2)C1. The highest BCUT2D eigenvalue weighted by Crippen LogP contribution is 2.35. The maximum absolute atomic E-state index is 12.5. The lowest BCUT2D eigenvalue weighted by Gasteiger charge is -2.31. The Kier molecular flexibility index (Phi) is 4.29. The number of thiophene rings is 1. The molecule has 0 aromatic carbocycles. The van der Waals surface area contributed by atoms with Gasteiger partial charge < -0.3 is 5.73 Å². The van der Waals surface area contributed by atoms with Crippen LogP contribution in [-0.2, 0) is 12.7 Å². The molecule has 2 heterocycles. The van der Waals surface area contributed by atoms with Gasteiger partial charge in [-0.2, -0.15) is 13.2 Å². The predicted molar refractivity (Wildman–Crippen MR) is 66.4 cm³/mol. The number of hydrogen-bond acceptors (Lipinski definition) is 3. The van der Waals surface area contributed by atoms with Gasteiger partial charge in [0.05, 0.1) is 0 Å². The lowest BCUT2D eigenvalue weighted by atomic mass is 9.98. The van der Waals surface area contributed by atoms with Crippen LogP contribution >= 0.6 is 11.3 Å². The van der Waals surface area contributed by atoms with Gasteiger partial charge in [-0.05, 0) is 44.0 Å². The smallest absolute Gasteiger partial charge is 0.330 e. The van der Waals surface area contributed by atoms with E-state index in [1.54, 1.807) is 6.07 Å². The highest BCUT2D eigenvalue weighted by atomic mass is 32.1. The molecule has 0 radical (unpaired) electrons. The molecule has 102 valence electrons. The van der Waals surface area contributed by atoms with Crippen molar-refractivity contribution in [3.8, 4) is 0 Å². The Hall–Kier alpha value is -0.590. The number of likely N-dealkylation sites (tertiary alicyclic amines) is 1. The molecule has 1 aromatic rings. The first kappa shape index (κ1) is 13.8. The normalized spacial score (nSPS) is 22.3. The Morgan fingerprint density at radius 1 is 1.39 bits per heavy atom. The molecule has 2 nitrogen and oxygen atoms in total. The quantitative estimate of drug-likeness (QED) is 0.921. The van der Waals surface area contributed by atoms with Crippen LogP contribution < -0.4 is 5.73 Å². The second-order valence-corrected chi connectivity index (χ2v) is 5.91. The lowest BCUT2D eigenvalue weighted by molar-refractivity contribution is -0.134. The van der Waals surface area contributed by atoms with Crippen LogP contribution in [0.5, 0.6) is 0 Å². The van der Waals surface area contributed by atoms with Crippen molar-refractivity contribution in [1.29, 1.82) is 0 Å². The van der Waals surface area contributed by atoms with E-state index in [2.05, 4.69) is 4.90 Å². The molecule has 0 saturated carbocycles. The maximum atomic E-state index is 12.5. The van der Waals surface area contributed by atoms with Crippen molar-refractivity contribution in [3.63, 3.8) is 0 Å². The van der Waals surface area contributed by atoms with Gasteiger partial charge in [-0.15, -0.1) is 11.3 Å². The number of nitrogens with two attached hydrogens (primary N) is 1. The van der Waals surface area contributed by atoms with Crippen LogP contribution in [0.25, 0.3) is 0 Å². The number of piperidine rings is 1. The Morgan fingerprint density at radius 2 is 2.17 bits per heavy atom. The first-order valence-electron chi connectivity index (χ1n) is 6.07. The molecule has 18 heavy (non-hydrogen) atoms. The molecular weight excluding hydrogens is 261 g/mol. The summed E-state index contributed by atoms with van der Waals surface area (Å²) in [5, 5.41) is 0. The van der Waals surface area contributed by atoms with Crippen molar-refractivity contribution in [2.24, 2.45) is 11.7 Å². The number of hydrogen-bond donors (Lipinski definition) is 1. The third-order valence-electron chi connectivity index (χ3n) is 3.26. The van der Waals surface area contributed by atoms with E-state index in [9.17, 15) is 13.2 Å². The fourth-order valence-corrected chi connectivity index (χ4v) is 3.24. The lowest BCUT2D eigenvalue weighted by Crippen LogP contribution is -2.37. The van der Waals surface area contributed by atoms with Crippen molar-refractivity contribution in [2.45, 2.75) is 25.6 Å². The first-order valence-corrected chi connectivity index (χ1v) is 6.89. The summed E-state index contributed by atoms with van der Waals surface area (Å²) >= 11 is 0.844. The molecule has 1 aliphatic rings. The van der Waals surface area contributed by atoms with Crippen LogP contribution in [0.2, 0.25) is 0 Å². The van der Waals surface area contributed by atoms with Crippen molar-refractivity contribution >= 4 is 11.3 Å². The zero-order valence-electron chi connectivity index (χ0n) is 10.0. The molecular formula is C12H17F3N2S. The monoisotopic (exact) mass is 278 g/mol. The van der Waals surface area contributed by atoms with E-state index in [1.807, 2.05) is 0 Å². The Morgan fingerprint density at radius 3 is 2.78 bits per heavy atom. The summed E-state index contributed by atoms with van der Waals surface area (Å²) in [6.45, 7) is 3.12. The van der Waals surface area contributed by atoms with Crippen LogP contribution in [-0.4, -0.2) is 24.5 Å². The molecule has 1 atom stereocenters. The van der Waals surface area contributed by atoms with Crippen molar-refractivity contribution in [3.05, 3.63) is 21.9 Å². The fraction of sp³-hybridized carbons (Fsp3) is 0.667. The minimum Gasteiger partial charge on any atom is -0.330 e. The first-order chi connectivity index (χ1) is 8.49. The Labute approximate surface area is 109 Å². The zero-order chi connectivity index (χ0) is 13.2. The van der Waals surface area contributed by atoms with E-state index < -0.39 is 11.1 Å². The van der Waals surface area contributed by atoms with Gasteiger partial charge in [0.15, 0.2) is 0 Å².